The number of hydrogen-bond acceptors (Lipinski definition) is 3. The minimum absolute atomic E-state index is 0.0118. The smallest absolute Gasteiger partial charge is 0.321 e. The highest BCUT2D eigenvalue weighted by Crippen LogP contribution is 2.22. The van der Waals surface area contributed by atoms with Crippen LogP contribution in [-0.2, 0) is 11.3 Å². The van der Waals surface area contributed by atoms with Crippen molar-refractivity contribution in [1.29, 1.82) is 0 Å². The van der Waals surface area contributed by atoms with Gasteiger partial charge in [0.05, 0.1) is 7.11 Å². The average Bonchev–Trinajstić information content (AvgIpc) is 2.76. The molecule has 2 N–H and O–H groups in total. The highest BCUT2D eigenvalue weighted by Gasteiger charge is 2.24. The summed E-state index contributed by atoms with van der Waals surface area (Å²) < 4.78 is 18.6. The molecule has 0 radical (unpaired) electrons. The number of halogens is 1. The molecule has 0 saturated carbocycles. The summed E-state index contributed by atoms with van der Waals surface area (Å²) in [5, 5.41) is 5.68. The second-order valence-corrected chi connectivity index (χ2v) is 7.52. The predicted molar refractivity (Wildman–Crippen MR) is 114 cm³/mol. The van der Waals surface area contributed by atoms with Crippen molar-refractivity contribution in [1.82, 2.24) is 10.2 Å². The van der Waals surface area contributed by atoms with Crippen molar-refractivity contribution < 1.29 is 18.7 Å². The SMILES string of the molecule is COc1ccccc1CNC(=O)CCC1CCCN(C(=O)Nc2cccc(F)c2)C1. The van der Waals surface area contributed by atoms with Gasteiger partial charge in [0, 0.05) is 37.3 Å². The molecule has 3 rings (SSSR count). The molecule has 0 spiro atoms. The lowest BCUT2D eigenvalue weighted by atomic mass is 9.93. The fourth-order valence-corrected chi connectivity index (χ4v) is 3.72. The Morgan fingerprint density at radius 2 is 2.03 bits per heavy atom. The lowest BCUT2D eigenvalue weighted by Gasteiger charge is -2.32. The summed E-state index contributed by atoms with van der Waals surface area (Å²) in [6.07, 6.45) is 3.02. The van der Waals surface area contributed by atoms with E-state index in [1.165, 1.54) is 12.1 Å². The molecule has 2 aromatic rings. The first-order chi connectivity index (χ1) is 14.5. The van der Waals surface area contributed by atoms with E-state index in [0.717, 1.165) is 30.6 Å². The minimum atomic E-state index is -0.386. The van der Waals surface area contributed by atoms with Crippen LogP contribution in [0.2, 0.25) is 0 Å². The molecular weight excluding hydrogens is 385 g/mol. The fourth-order valence-electron chi connectivity index (χ4n) is 3.72. The zero-order chi connectivity index (χ0) is 21.3. The Balaban J connectivity index is 1.43. The van der Waals surface area contributed by atoms with E-state index < -0.39 is 0 Å². The van der Waals surface area contributed by atoms with Crippen molar-refractivity contribution in [3.8, 4) is 5.75 Å². The summed E-state index contributed by atoms with van der Waals surface area (Å²) in [5.41, 5.74) is 1.38. The van der Waals surface area contributed by atoms with Gasteiger partial charge in [0.2, 0.25) is 5.91 Å². The number of nitrogens with one attached hydrogen (secondary N) is 2. The van der Waals surface area contributed by atoms with E-state index in [-0.39, 0.29) is 23.7 Å². The van der Waals surface area contributed by atoms with Crippen LogP contribution in [-0.4, -0.2) is 37.0 Å². The van der Waals surface area contributed by atoms with Gasteiger partial charge in [0.25, 0.3) is 0 Å². The van der Waals surface area contributed by atoms with Crippen molar-refractivity contribution in [2.45, 2.75) is 32.2 Å². The third-order valence-corrected chi connectivity index (χ3v) is 5.33. The Labute approximate surface area is 176 Å². The molecule has 1 atom stereocenters. The lowest BCUT2D eigenvalue weighted by molar-refractivity contribution is -0.121. The van der Waals surface area contributed by atoms with E-state index in [9.17, 15) is 14.0 Å². The van der Waals surface area contributed by atoms with Gasteiger partial charge in [0.1, 0.15) is 11.6 Å². The molecule has 160 valence electrons. The van der Waals surface area contributed by atoms with Crippen LogP contribution in [0.25, 0.3) is 0 Å². The largest absolute Gasteiger partial charge is 0.496 e. The molecule has 2 aromatic carbocycles. The third-order valence-electron chi connectivity index (χ3n) is 5.33. The van der Waals surface area contributed by atoms with Gasteiger partial charge in [0.15, 0.2) is 0 Å². The number of urea groups is 1. The molecule has 0 aliphatic carbocycles. The molecule has 3 amide bonds. The van der Waals surface area contributed by atoms with Crippen LogP contribution in [0.15, 0.2) is 48.5 Å². The predicted octanol–water partition coefficient (Wildman–Crippen LogP) is 4.17. The van der Waals surface area contributed by atoms with Gasteiger partial charge in [-0.25, -0.2) is 9.18 Å². The Kier molecular flexibility index (Phi) is 7.65. The number of ether oxygens (including phenoxy) is 1. The van der Waals surface area contributed by atoms with Crippen LogP contribution in [0.1, 0.15) is 31.2 Å². The van der Waals surface area contributed by atoms with Gasteiger partial charge in [-0.15, -0.1) is 0 Å². The Morgan fingerprint density at radius 3 is 2.83 bits per heavy atom. The molecule has 30 heavy (non-hydrogen) atoms. The van der Waals surface area contributed by atoms with E-state index in [2.05, 4.69) is 10.6 Å². The number of piperidine rings is 1. The molecule has 7 heteroatoms. The molecule has 1 saturated heterocycles. The van der Waals surface area contributed by atoms with Gasteiger partial charge in [-0.2, -0.15) is 0 Å². The summed E-state index contributed by atoms with van der Waals surface area (Å²) in [6, 6.07) is 13.2. The maximum Gasteiger partial charge on any atom is 0.321 e. The molecule has 1 heterocycles. The average molecular weight is 413 g/mol. The number of likely N-dealkylation sites (tertiary alicyclic amines) is 1. The van der Waals surface area contributed by atoms with Crippen molar-refractivity contribution in [3.63, 3.8) is 0 Å². The highest BCUT2D eigenvalue weighted by molar-refractivity contribution is 5.89. The zero-order valence-corrected chi connectivity index (χ0v) is 17.2. The first-order valence-corrected chi connectivity index (χ1v) is 10.2. The maximum atomic E-state index is 13.3. The quantitative estimate of drug-likeness (QED) is 0.716. The van der Waals surface area contributed by atoms with Crippen molar-refractivity contribution in [2.24, 2.45) is 5.92 Å². The van der Waals surface area contributed by atoms with Crippen molar-refractivity contribution >= 4 is 17.6 Å². The molecule has 1 unspecified atom stereocenters. The van der Waals surface area contributed by atoms with E-state index >= 15 is 0 Å². The molecule has 1 aliphatic rings. The number of hydrogen-bond donors (Lipinski definition) is 2. The van der Waals surface area contributed by atoms with Gasteiger partial charge in [-0.3, -0.25) is 4.79 Å². The van der Waals surface area contributed by atoms with Crippen LogP contribution in [0.5, 0.6) is 5.75 Å². The molecule has 0 aromatic heterocycles. The number of benzene rings is 2. The standard InChI is InChI=1S/C23H28FN3O3/c1-30-21-10-3-2-7-18(21)15-25-22(28)12-11-17-6-5-13-27(16-17)23(29)26-20-9-4-8-19(24)14-20/h2-4,7-10,14,17H,5-6,11-13,15-16H2,1H3,(H,25,28)(H,26,29). The third kappa shape index (κ3) is 6.20. The van der Waals surface area contributed by atoms with E-state index in [1.54, 1.807) is 24.1 Å². The fraction of sp³-hybridized carbons (Fsp3) is 0.391. The number of para-hydroxylation sites is 1. The molecule has 1 fully saturated rings. The van der Waals surface area contributed by atoms with Gasteiger partial charge in [-0.1, -0.05) is 24.3 Å². The number of nitrogens with zero attached hydrogens (tertiary/aromatic N) is 1. The monoisotopic (exact) mass is 413 g/mol. The first kappa shape index (κ1) is 21.6. The van der Waals surface area contributed by atoms with Crippen molar-refractivity contribution in [2.75, 3.05) is 25.5 Å². The highest BCUT2D eigenvalue weighted by atomic mass is 19.1. The minimum Gasteiger partial charge on any atom is -0.496 e. The van der Waals surface area contributed by atoms with Gasteiger partial charge in [-0.05, 0) is 49.4 Å². The van der Waals surface area contributed by atoms with Crippen LogP contribution < -0.4 is 15.4 Å². The van der Waals surface area contributed by atoms with E-state index in [0.29, 0.717) is 31.7 Å². The number of rotatable bonds is 7. The number of amides is 3. The number of anilines is 1. The number of methoxy groups -OCH3 is 1. The lowest BCUT2D eigenvalue weighted by Crippen LogP contribution is -2.42. The Morgan fingerprint density at radius 1 is 1.20 bits per heavy atom. The van der Waals surface area contributed by atoms with Gasteiger partial charge < -0.3 is 20.3 Å². The summed E-state index contributed by atoms with van der Waals surface area (Å²) in [5.74, 6) is 0.629. The van der Waals surface area contributed by atoms with Crippen LogP contribution in [0, 0.1) is 11.7 Å². The second-order valence-electron chi connectivity index (χ2n) is 7.52. The van der Waals surface area contributed by atoms with Crippen LogP contribution in [0.3, 0.4) is 0 Å². The number of carbonyl (C=O) groups is 2. The normalized spacial score (nSPS) is 16.1. The first-order valence-electron chi connectivity index (χ1n) is 10.2. The summed E-state index contributed by atoms with van der Waals surface area (Å²) in [4.78, 5) is 26.5. The molecule has 6 nitrogen and oxygen atoms in total. The van der Waals surface area contributed by atoms with Crippen LogP contribution in [0.4, 0.5) is 14.9 Å². The maximum absolute atomic E-state index is 13.3. The second kappa shape index (κ2) is 10.6. The number of carbonyl (C=O) groups excluding carboxylic acids is 2. The Hall–Kier alpha value is -3.09. The van der Waals surface area contributed by atoms with E-state index in [4.69, 9.17) is 4.74 Å². The molecular formula is C23H28FN3O3. The summed E-state index contributed by atoms with van der Waals surface area (Å²) in [7, 11) is 1.61. The van der Waals surface area contributed by atoms with E-state index in [1.807, 2.05) is 24.3 Å². The summed E-state index contributed by atoms with van der Waals surface area (Å²) >= 11 is 0. The zero-order valence-electron chi connectivity index (χ0n) is 17.2. The molecule has 1 aliphatic heterocycles. The Bertz CT molecular complexity index is 874. The van der Waals surface area contributed by atoms with Crippen LogP contribution >= 0.6 is 0 Å². The topological polar surface area (TPSA) is 70.7 Å². The van der Waals surface area contributed by atoms with Gasteiger partial charge >= 0.3 is 6.03 Å². The summed E-state index contributed by atoms with van der Waals surface area (Å²) in [6.45, 7) is 1.69. The molecule has 0 bridgehead atoms. The van der Waals surface area contributed by atoms with Crippen molar-refractivity contribution in [3.05, 3.63) is 59.9 Å².